The minimum absolute atomic E-state index is 0.186. The first-order chi connectivity index (χ1) is 11.5. The molecule has 1 saturated heterocycles. The summed E-state index contributed by atoms with van der Waals surface area (Å²) in [5, 5.41) is 8.77. The zero-order valence-corrected chi connectivity index (χ0v) is 15.1. The highest BCUT2D eigenvalue weighted by molar-refractivity contribution is 5.67. The lowest BCUT2D eigenvalue weighted by Crippen LogP contribution is -2.48. The molecule has 1 aromatic heterocycles. The molecule has 24 heavy (non-hydrogen) atoms. The lowest BCUT2D eigenvalue weighted by atomic mass is 9.85. The highest BCUT2D eigenvalue weighted by atomic mass is 16.6. The zero-order valence-electron chi connectivity index (χ0n) is 15.1. The molecular formula is C17H29N5O2. The van der Waals surface area contributed by atoms with Gasteiger partial charge in [-0.1, -0.05) is 20.3 Å². The molecule has 0 bridgehead atoms. The molecular weight excluding hydrogens is 306 g/mol. The molecule has 7 heteroatoms. The molecule has 1 amide bonds. The lowest BCUT2D eigenvalue weighted by Gasteiger charge is -2.33. The second-order valence-electron chi connectivity index (χ2n) is 7.40. The Hall–Kier alpha value is -1.63. The smallest absolute Gasteiger partial charge is 0.409 e. The summed E-state index contributed by atoms with van der Waals surface area (Å²) in [6.07, 6.45) is 3.60. The maximum absolute atomic E-state index is 12.0. The summed E-state index contributed by atoms with van der Waals surface area (Å²) in [6, 6.07) is 0. The first kappa shape index (κ1) is 17.2. The van der Waals surface area contributed by atoms with Crippen LogP contribution in [0.5, 0.6) is 0 Å². The number of aromatic nitrogens is 3. The Labute approximate surface area is 144 Å². The molecule has 1 aromatic rings. The van der Waals surface area contributed by atoms with Crippen molar-refractivity contribution >= 4 is 6.09 Å². The number of nitrogens with zero attached hydrogens (tertiary/aromatic N) is 5. The van der Waals surface area contributed by atoms with Crippen molar-refractivity contribution in [1.82, 2.24) is 24.6 Å². The molecule has 1 saturated carbocycles. The maximum atomic E-state index is 12.0. The van der Waals surface area contributed by atoms with Crippen molar-refractivity contribution in [3.63, 3.8) is 0 Å². The van der Waals surface area contributed by atoms with Crippen LogP contribution >= 0.6 is 0 Å². The van der Waals surface area contributed by atoms with Crippen LogP contribution in [0.2, 0.25) is 0 Å². The maximum Gasteiger partial charge on any atom is 0.409 e. The normalized spacial score (nSPS) is 19.6. The van der Waals surface area contributed by atoms with Crippen LogP contribution in [0.4, 0.5) is 4.79 Å². The van der Waals surface area contributed by atoms with E-state index in [1.54, 1.807) is 4.90 Å². The second-order valence-corrected chi connectivity index (χ2v) is 7.40. The molecule has 0 spiro atoms. The van der Waals surface area contributed by atoms with Gasteiger partial charge in [0.1, 0.15) is 11.6 Å². The van der Waals surface area contributed by atoms with Gasteiger partial charge in [0.2, 0.25) is 0 Å². The van der Waals surface area contributed by atoms with Gasteiger partial charge in [-0.3, -0.25) is 4.90 Å². The monoisotopic (exact) mass is 335 g/mol. The van der Waals surface area contributed by atoms with Crippen molar-refractivity contribution in [2.24, 2.45) is 13.0 Å². The topological polar surface area (TPSA) is 63.5 Å². The number of hydrogen-bond donors (Lipinski definition) is 0. The molecule has 1 aliphatic heterocycles. The van der Waals surface area contributed by atoms with Crippen LogP contribution in [0.15, 0.2) is 0 Å². The van der Waals surface area contributed by atoms with Gasteiger partial charge in [-0.25, -0.2) is 4.79 Å². The Bertz CT molecular complexity index is 559. The van der Waals surface area contributed by atoms with E-state index in [2.05, 4.69) is 26.7 Å². The average Bonchev–Trinajstić information content (AvgIpc) is 2.85. The van der Waals surface area contributed by atoms with Crippen molar-refractivity contribution in [3.8, 4) is 0 Å². The summed E-state index contributed by atoms with van der Waals surface area (Å²) in [4.78, 5) is 16.1. The van der Waals surface area contributed by atoms with Crippen LogP contribution in [0, 0.1) is 5.92 Å². The zero-order chi connectivity index (χ0) is 17.1. The molecule has 0 N–H and O–H groups in total. The van der Waals surface area contributed by atoms with Gasteiger partial charge in [0.15, 0.2) is 0 Å². The van der Waals surface area contributed by atoms with E-state index < -0.39 is 0 Å². The third-order valence-electron chi connectivity index (χ3n) is 5.00. The molecule has 3 rings (SSSR count). The Morgan fingerprint density at radius 2 is 1.92 bits per heavy atom. The number of carbonyl (C=O) groups is 1. The van der Waals surface area contributed by atoms with Crippen LogP contribution in [0.25, 0.3) is 0 Å². The van der Waals surface area contributed by atoms with Gasteiger partial charge in [0.05, 0.1) is 13.2 Å². The molecule has 2 heterocycles. The van der Waals surface area contributed by atoms with Gasteiger partial charge >= 0.3 is 6.09 Å². The van der Waals surface area contributed by atoms with Crippen molar-refractivity contribution in [1.29, 1.82) is 0 Å². The van der Waals surface area contributed by atoms with E-state index in [9.17, 15) is 4.79 Å². The predicted molar refractivity (Wildman–Crippen MR) is 90.6 cm³/mol. The van der Waals surface area contributed by atoms with Crippen molar-refractivity contribution in [2.45, 2.75) is 45.6 Å². The molecule has 2 fully saturated rings. The number of amides is 1. The fourth-order valence-corrected chi connectivity index (χ4v) is 3.15. The first-order valence-corrected chi connectivity index (χ1v) is 9.06. The summed E-state index contributed by atoms with van der Waals surface area (Å²) in [5.74, 6) is 3.12. The van der Waals surface area contributed by atoms with Gasteiger partial charge < -0.3 is 14.2 Å². The Morgan fingerprint density at radius 1 is 1.21 bits per heavy atom. The van der Waals surface area contributed by atoms with Crippen molar-refractivity contribution in [2.75, 3.05) is 32.8 Å². The first-order valence-electron chi connectivity index (χ1n) is 9.06. The molecule has 2 aliphatic rings. The van der Waals surface area contributed by atoms with Crippen molar-refractivity contribution in [3.05, 3.63) is 11.6 Å². The standard InChI is InChI=1S/C17H29N5O2/c1-13(2)12-24-17(23)22-9-7-21(8-10-22)11-15-18-19-16(20(15)3)14-5-4-6-14/h13-14H,4-12H2,1-3H3. The average molecular weight is 335 g/mol. The van der Waals surface area contributed by atoms with E-state index in [0.29, 0.717) is 31.5 Å². The molecule has 1 aliphatic carbocycles. The van der Waals surface area contributed by atoms with Gasteiger partial charge in [-0.2, -0.15) is 0 Å². The Balaban J connectivity index is 1.47. The molecule has 0 aromatic carbocycles. The van der Waals surface area contributed by atoms with Gasteiger partial charge in [0.25, 0.3) is 0 Å². The molecule has 0 radical (unpaired) electrons. The predicted octanol–water partition coefficient (Wildman–Crippen LogP) is 1.99. The van der Waals surface area contributed by atoms with E-state index in [1.165, 1.54) is 19.3 Å². The second kappa shape index (κ2) is 7.51. The summed E-state index contributed by atoms with van der Waals surface area (Å²) < 4.78 is 7.47. The van der Waals surface area contributed by atoms with Gasteiger partial charge in [-0.05, 0) is 18.8 Å². The number of carbonyl (C=O) groups excluding carboxylic acids is 1. The summed E-state index contributed by atoms with van der Waals surface area (Å²) >= 11 is 0. The van der Waals surface area contributed by atoms with E-state index in [-0.39, 0.29) is 6.09 Å². The molecule has 0 unspecified atom stereocenters. The minimum atomic E-state index is -0.186. The van der Waals surface area contributed by atoms with Gasteiger partial charge in [0, 0.05) is 39.1 Å². The summed E-state index contributed by atoms with van der Waals surface area (Å²) in [5.41, 5.74) is 0. The van der Waals surface area contributed by atoms with Crippen LogP contribution in [0.1, 0.15) is 50.7 Å². The third-order valence-corrected chi connectivity index (χ3v) is 5.00. The van der Waals surface area contributed by atoms with Crippen LogP contribution in [0.3, 0.4) is 0 Å². The Morgan fingerprint density at radius 3 is 2.50 bits per heavy atom. The SMILES string of the molecule is CC(C)COC(=O)N1CCN(Cc2nnc(C3CCC3)n2C)CC1. The van der Waals surface area contributed by atoms with E-state index in [4.69, 9.17) is 4.74 Å². The molecule has 134 valence electrons. The number of hydrogen-bond acceptors (Lipinski definition) is 5. The fourth-order valence-electron chi connectivity index (χ4n) is 3.15. The van der Waals surface area contributed by atoms with Gasteiger partial charge in [-0.15, -0.1) is 10.2 Å². The van der Waals surface area contributed by atoms with Crippen LogP contribution in [-0.4, -0.2) is 63.4 Å². The third kappa shape index (κ3) is 3.88. The Kier molecular flexibility index (Phi) is 5.38. The quantitative estimate of drug-likeness (QED) is 0.823. The van der Waals surface area contributed by atoms with E-state index in [1.807, 2.05) is 13.8 Å². The fraction of sp³-hybridized carbons (Fsp3) is 0.824. The van der Waals surface area contributed by atoms with E-state index >= 15 is 0 Å². The highest BCUT2D eigenvalue weighted by Crippen LogP contribution is 2.35. The van der Waals surface area contributed by atoms with Crippen LogP contribution in [-0.2, 0) is 18.3 Å². The number of piperazine rings is 1. The highest BCUT2D eigenvalue weighted by Gasteiger charge is 2.27. The number of ether oxygens (including phenoxy) is 1. The number of rotatable bonds is 5. The summed E-state index contributed by atoms with van der Waals surface area (Å²) in [7, 11) is 2.07. The summed E-state index contributed by atoms with van der Waals surface area (Å²) in [6.45, 7) is 8.50. The molecule has 7 nitrogen and oxygen atoms in total. The minimum Gasteiger partial charge on any atom is -0.449 e. The lowest BCUT2D eigenvalue weighted by molar-refractivity contribution is 0.0668. The van der Waals surface area contributed by atoms with Crippen LogP contribution < -0.4 is 0 Å². The largest absolute Gasteiger partial charge is 0.449 e. The van der Waals surface area contributed by atoms with E-state index in [0.717, 1.165) is 31.3 Å². The van der Waals surface area contributed by atoms with Crippen molar-refractivity contribution < 1.29 is 9.53 Å². The molecule has 0 atom stereocenters.